The molecule has 3 saturated heterocycles. The van der Waals surface area contributed by atoms with Crippen LogP contribution in [0.25, 0.3) is 0 Å². The summed E-state index contributed by atoms with van der Waals surface area (Å²) in [7, 11) is 0. The summed E-state index contributed by atoms with van der Waals surface area (Å²) in [5.41, 5.74) is 0.851. The molecule has 1 aromatic heterocycles. The number of hydrogen-bond donors (Lipinski definition) is 0. The molecule has 0 saturated carbocycles. The molecule has 0 aliphatic carbocycles. The topological polar surface area (TPSA) is 62.7 Å². The van der Waals surface area contributed by atoms with Crippen molar-refractivity contribution < 1.29 is 14.3 Å². The minimum Gasteiger partial charge on any atom is -0.381 e. The molecule has 0 bridgehead atoms. The molecular formula is C16H19N3O3. The second-order valence-electron chi connectivity index (χ2n) is 6.33. The number of anilines is 1. The molecule has 0 N–H and O–H groups in total. The van der Waals surface area contributed by atoms with Gasteiger partial charge in [0.25, 0.3) is 0 Å². The molecule has 3 aliphatic rings. The van der Waals surface area contributed by atoms with Crippen LogP contribution in [-0.4, -0.2) is 54.5 Å². The number of carbonyl (C=O) groups excluding carboxylic acids is 2. The number of carbonyl (C=O) groups is 2. The molecule has 6 nitrogen and oxygen atoms in total. The van der Waals surface area contributed by atoms with Gasteiger partial charge in [-0.25, -0.2) is 0 Å². The lowest BCUT2D eigenvalue weighted by Gasteiger charge is -2.23. The van der Waals surface area contributed by atoms with Crippen LogP contribution in [0, 0.1) is 17.8 Å². The maximum absolute atomic E-state index is 12.6. The zero-order valence-corrected chi connectivity index (χ0v) is 12.4. The zero-order chi connectivity index (χ0) is 15.1. The van der Waals surface area contributed by atoms with Gasteiger partial charge in [-0.15, -0.1) is 0 Å². The van der Waals surface area contributed by atoms with E-state index >= 15 is 0 Å². The van der Waals surface area contributed by atoms with Gasteiger partial charge in [0.2, 0.25) is 11.8 Å². The van der Waals surface area contributed by atoms with E-state index in [2.05, 4.69) is 4.98 Å². The van der Waals surface area contributed by atoms with Crippen LogP contribution in [0.2, 0.25) is 0 Å². The Morgan fingerprint density at radius 3 is 2.91 bits per heavy atom. The third-order valence-electron chi connectivity index (χ3n) is 4.99. The highest BCUT2D eigenvalue weighted by Gasteiger charge is 2.48. The first-order chi connectivity index (χ1) is 10.7. The first-order valence-corrected chi connectivity index (χ1v) is 7.82. The number of hydrogen-bond acceptors (Lipinski definition) is 4. The third-order valence-corrected chi connectivity index (χ3v) is 4.99. The predicted molar refractivity (Wildman–Crippen MR) is 79.1 cm³/mol. The average molecular weight is 301 g/mol. The standard InChI is InChI=1S/C16H19N3O3/c20-15(11-3-5-22-10-11)18-7-12-8-19(16(21)14(12)9-18)13-2-1-4-17-6-13/h1-2,4,6,11-12,14H,3,5,7-10H2/t11-,12-,14-/m0/s1. The first-order valence-electron chi connectivity index (χ1n) is 7.82. The van der Waals surface area contributed by atoms with E-state index in [-0.39, 0.29) is 29.6 Å². The van der Waals surface area contributed by atoms with Crippen molar-refractivity contribution in [3.63, 3.8) is 0 Å². The fraction of sp³-hybridized carbons (Fsp3) is 0.562. The van der Waals surface area contributed by atoms with E-state index in [1.807, 2.05) is 21.9 Å². The molecule has 3 aliphatic heterocycles. The summed E-state index contributed by atoms with van der Waals surface area (Å²) in [6, 6.07) is 3.75. The third kappa shape index (κ3) is 2.18. The molecule has 4 rings (SSSR count). The van der Waals surface area contributed by atoms with E-state index in [1.165, 1.54) is 0 Å². The number of fused-ring (bicyclic) bond motifs is 1. The summed E-state index contributed by atoms with van der Waals surface area (Å²) >= 11 is 0. The monoisotopic (exact) mass is 301 g/mol. The number of nitrogens with zero attached hydrogens (tertiary/aromatic N) is 3. The van der Waals surface area contributed by atoms with E-state index in [1.54, 1.807) is 12.4 Å². The van der Waals surface area contributed by atoms with Crippen molar-refractivity contribution in [1.29, 1.82) is 0 Å². The van der Waals surface area contributed by atoms with Gasteiger partial charge >= 0.3 is 0 Å². The molecule has 4 heterocycles. The fourth-order valence-corrected chi connectivity index (χ4v) is 3.77. The Morgan fingerprint density at radius 1 is 1.32 bits per heavy atom. The molecule has 0 unspecified atom stereocenters. The van der Waals surface area contributed by atoms with Crippen LogP contribution >= 0.6 is 0 Å². The molecule has 3 fully saturated rings. The van der Waals surface area contributed by atoms with Gasteiger partial charge in [0.1, 0.15) is 0 Å². The Labute approximate surface area is 129 Å². The van der Waals surface area contributed by atoms with Crippen molar-refractivity contribution in [2.24, 2.45) is 17.8 Å². The molecule has 2 amide bonds. The number of pyridine rings is 1. The summed E-state index contributed by atoms with van der Waals surface area (Å²) in [5, 5.41) is 0. The minimum atomic E-state index is -0.0634. The summed E-state index contributed by atoms with van der Waals surface area (Å²) in [6.45, 7) is 3.11. The maximum Gasteiger partial charge on any atom is 0.232 e. The van der Waals surface area contributed by atoms with Gasteiger partial charge in [0.15, 0.2) is 0 Å². The van der Waals surface area contributed by atoms with Crippen molar-refractivity contribution in [3.8, 4) is 0 Å². The highest BCUT2D eigenvalue weighted by Crippen LogP contribution is 2.35. The second-order valence-corrected chi connectivity index (χ2v) is 6.33. The molecule has 6 heteroatoms. The quantitative estimate of drug-likeness (QED) is 0.800. The molecule has 0 spiro atoms. The highest BCUT2D eigenvalue weighted by atomic mass is 16.5. The van der Waals surface area contributed by atoms with E-state index in [0.717, 1.165) is 12.1 Å². The molecular weight excluding hydrogens is 282 g/mol. The van der Waals surface area contributed by atoms with Gasteiger partial charge in [-0.2, -0.15) is 0 Å². The molecule has 22 heavy (non-hydrogen) atoms. The summed E-state index contributed by atoms with van der Waals surface area (Å²) in [4.78, 5) is 32.8. The van der Waals surface area contributed by atoms with Crippen molar-refractivity contribution in [2.45, 2.75) is 6.42 Å². The first kappa shape index (κ1) is 13.7. The summed E-state index contributed by atoms with van der Waals surface area (Å²) in [5.74, 6) is 0.442. The van der Waals surface area contributed by atoms with Crippen LogP contribution < -0.4 is 4.90 Å². The van der Waals surface area contributed by atoms with Crippen LogP contribution in [0.4, 0.5) is 5.69 Å². The van der Waals surface area contributed by atoms with Gasteiger partial charge in [-0.1, -0.05) is 0 Å². The fourth-order valence-electron chi connectivity index (χ4n) is 3.77. The largest absolute Gasteiger partial charge is 0.381 e. The Balaban J connectivity index is 1.45. The van der Waals surface area contributed by atoms with Crippen LogP contribution in [0.15, 0.2) is 24.5 Å². The Bertz CT molecular complexity index is 586. The molecule has 0 radical (unpaired) electrons. The molecule has 116 valence electrons. The van der Waals surface area contributed by atoms with Crippen LogP contribution in [-0.2, 0) is 14.3 Å². The van der Waals surface area contributed by atoms with E-state index < -0.39 is 0 Å². The minimum absolute atomic E-state index is 0.0108. The number of amides is 2. The van der Waals surface area contributed by atoms with Crippen LogP contribution in [0.5, 0.6) is 0 Å². The van der Waals surface area contributed by atoms with Crippen molar-refractivity contribution in [1.82, 2.24) is 9.88 Å². The smallest absolute Gasteiger partial charge is 0.232 e. The number of rotatable bonds is 2. The lowest BCUT2D eigenvalue weighted by Crippen LogP contribution is -2.38. The Morgan fingerprint density at radius 2 is 2.23 bits per heavy atom. The number of likely N-dealkylation sites (tertiary alicyclic amines) is 1. The molecule has 3 atom stereocenters. The van der Waals surface area contributed by atoms with Crippen LogP contribution in [0.3, 0.4) is 0 Å². The molecule has 1 aromatic rings. The highest BCUT2D eigenvalue weighted by molar-refractivity contribution is 5.98. The normalized spacial score (nSPS) is 30.9. The predicted octanol–water partition coefficient (Wildman–Crippen LogP) is 0.539. The van der Waals surface area contributed by atoms with E-state index in [0.29, 0.717) is 32.8 Å². The van der Waals surface area contributed by atoms with Gasteiger partial charge in [0, 0.05) is 38.4 Å². The van der Waals surface area contributed by atoms with Gasteiger partial charge in [-0.3, -0.25) is 14.6 Å². The number of ether oxygens (including phenoxy) is 1. The summed E-state index contributed by atoms with van der Waals surface area (Å²) < 4.78 is 5.30. The Kier molecular flexibility index (Phi) is 3.33. The lowest BCUT2D eigenvalue weighted by atomic mass is 10.0. The number of aromatic nitrogens is 1. The lowest BCUT2D eigenvalue weighted by molar-refractivity contribution is -0.134. The van der Waals surface area contributed by atoms with Crippen molar-refractivity contribution in [3.05, 3.63) is 24.5 Å². The van der Waals surface area contributed by atoms with Gasteiger partial charge < -0.3 is 14.5 Å². The second kappa shape index (κ2) is 5.35. The maximum atomic E-state index is 12.6. The van der Waals surface area contributed by atoms with Gasteiger partial charge in [-0.05, 0) is 18.6 Å². The van der Waals surface area contributed by atoms with Gasteiger partial charge in [0.05, 0.1) is 30.3 Å². The van der Waals surface area contributed by atoms with Crippen molar-refractivity contribution >= 4 is 17.5 Å². The summed E-state index contributed by atoms with van der Waals surface area (Å²) in [6.07, 6.45) is 4.23. The van der Waals surface area contributed by atoms with E-state index in [9.17, 15) is 9.59 Å². The Hall–Kier alpha value is -1.95. The average Bonchev–Trinajstić information content (AvgIpc) is 3.25. The van der Waals surface area contributed by atoms with Crippen molar-refractivity contribution in [2.75, 3.05) is 37.7 Å². The molecule has 0 aromatic carbocycles. The SMILES string of the molecule is O=C([C@H]1CCOC1)N1C[C@H]2CN(c3cccnc3)C(=O)[C@H]2C1. The van der Waals surface area contributed by atoms with E-state index in [4.69, 9.17) is 4.74 Å². The zero-order valence-electron chi connectivity index (χ0n) is 12.4. The van der Waals surface area contributed by atoms with Crippen LogP contribution in [0.1, 0.15) is 6.42 Å².